The normalized spacial score (nSPS) is 25.3. The van der Waals surface area contributed by atoms with E-state index >= 15 is 0 Å². The Hall–Kier alpha value is -0.173. The van der Waals surface area contributed by atoms with Crippen molar-refractivity contribution in [3.8, 4) is 0 Å². The van der Waals surface area contributed by atoms with Gasteiger partial charge in [0.1, 0.15) is 5.60 Å². The molecular weight excluding hydrogens is 187 g/mol. The predicted octanol–water partition coefficient (Wildman–Crippen LogP) is -1.87. The Bertz CT molecular complexity index is 252. The molecule has 4 nitrogen and oxygen atoms in total. The van der Waals surface area contributed by atoms with Crippen LogP contribution in [0, 0.1) is 6.04 Å². The molecule has 0 spiro atoms. The Kier molecular flexibility index (Phi) is 3.75. The van der Waals surface area contributed by atoms with Gasteiger partial charge in [0.15, 0.2) is 0 Å². The number of ether oxygens (including phenoxy) is 1. The van der Waals surface area contributed by atoms with Gasteiger partial charge in [0.25, 0.3) is 0 Å². The van der Waals surface area contributed by atoms with Gasteiger partial charge in [-0.15, -0.1) is 6.42 Å². The van der Waals surface area contributed by atoms with E-state index in [1.54, 1.807) is 0 Å². The maximum atomic E-state index is 11.7. The molecule has 2 aliphatic rings. The maximum absolute atomic E-state index is 11.7. The minimum atomic E-state index is -0.392. The van der Waals surface area contributed by atoms with Gasteiger partial charge in [0.2, 0.25) is 0 Å². The third-order valence-corrected chi connectivity index (χ3v) is 2.50. The molecule has 1 amide bonds. The number of rotatable bonds is 0. The Labute approximate surface area is 103 Å². The van der Waals surface area contributed by atoms with E-state index in [-0.39, 0.29) is 25.0 Å². The predicted molar refractivity (Wildman–Crippen MR) is 52.6 cm³/mol. The average Bonchev–Trinajstić information content (AvgIpc) is 2.59. The van der Waals surface area contributed by atoms with Gasteiger partial charge in [-0.2, -0.15) is 0 Å². The largest absolute Gasteiger partial charge is 1.00 e. The first kappa shape index (κ1) is 12.9. The number of nitrogens with zero attached hydrogens (tertiary/aromatic N) is 1. The quantitative estimate of drug-likeness (QED) is 0.371. The molecule has 2 rings (SSSR count). The number of hydrogen-bond donors (Lipinski definition) is 1. The van der Waals surface area contributed by atoms with Crippen molar-refractivity contribution in [3.05, 3.63) is 6.04 Å². The zero-order chi connectivity index (χ0) is 10.3. The van der Waals surface area contributed by atoms with E-state index in [0.29, 0.717) is 6.04 Å². The van der Waals surface area contributed by atoms with Crippen LogP contribution in [0.3, 0.4) is 0 Å². The average molecular weight is 204 g/mol. The van der Waals surface area contributed by atoms with Crippen LogP contribution >= 0.6 is 0 Å². The van der Waals surface area contributed by atoms with Crippen molar-refractivity contribution in [2.45, 2.75) is 38.8 Å². The Morgan fingerprint density at radius 2 is 2.20 bits per heavy atom. The van der Waals surface area contributed by atoms with Crippen molar-refractivity contribution >= 4 is 6.09 Å². The molecule has 1 atom stereocenters. The van der Waals surface area contributed by atoms with Crippen LogP contribution in [0.5, 0.6) is 0 Å². The summed E-state index contributed by atoms with van der Waals surface area (Å²) in [6.07, 6.45) is 0.818. The molecule has 2 saturated heterocycles. The summed E-state index contributed by atoms with van der Waals surface area (Å²) in [5.74, 6) is 0. The molecule has 2 aliphatic heterocycles. The molecule has 0 saturated carbocycles. The minimum absolute atomic E-state index is 0. The molecular formula is C10H17LiN2O2. The fourth-order valence-electron chi connectivity index (χ4n) is 1.90. The zero-order valence-electron chi connectivity index (χ0n) is 9.96. The van der Waals surface area contributed by atoms with Crippen LogP contribution in [-0.4, -0.2) is 35.7 Å². The van der Waals surface area contributed by atoms with E-state index in [4.69, 9.17) is 4.74 Å². The van der Waals surface area contributed by atoms with Gasteiger partial charge in [-0.1, -0.05) is 6.54 Å². The zero-order valence-corrected chi connectivity index (χ0v) is 9.96. The van der Waals surface area contributed by atoms with E-state index in [2.05, 4.69) is 5.32 Å². The van der Waals surface area contributed by atoms with E-state index in [0.717, 1.165) is 19.5 Å². The molecule has 0 aromatic heterocycles. The molecule has 80 valence electrons. The molecule has 0 aliphatic carbocycles. The Morgan fingerprint density at radius 1 is 1.53 bits per heavy atom. The smallest absolute Gasteiger partial charge is 0.464 e. The van der Waals surface area contributed by atoms with E-state index < -0.39 is 5.60 Å². The summed E-state index contributed by atoms with van der Waals surface area (Å²) in [4.78, 5) is 13.5. The second-order valence-corrected chi connectivity index (χ2v) is 4.95. The van der Waals surface area contributed by atoms with Crippen molar-refractivity contribution in [3.63, 3.8) is 0 Å². The van der Waals surface area contributed by atoms with Crippen LogP contribution in [0.1, 0.15) is 27.2 Å². The number of carbonyl (C=O) groups is 1. The fourth-order valence-corrected chi connectivity index (χ4v) is 1.90. The van der Waals surface area contributed by atoms with Crippen LogP contribution in [0.15, 0.2) is 0 Å². The maximum Gasteiger partial charge on any atom is 1.00 e. The molecule has 0 unspecified atom stereocenters. The number of carbonyl (C=O) groups excluding carboxylic acids is 1. The third-order valence-electron chi connectivity index (χ3n) is 2.50. The van der Waals surface area contributed by atoms with Gasteiger partial charge >= 0.3 is 25.0 Å². The summed E-state index contributed by atoms with van der Waals surface area (Å²) in [6, 6.07) is 1.58. The Balaban J connectivity index is 0.00000112. The first-order valence-corrected chi connectivity index (χ1v) is 5.04. The number of nitrogens with one attached hydrogen (secondary N) is 1. The number of amides is 1. The van der Waals surface area contributed by atoms with Crippen LogP contribution in [0.25, 0.3) is 0 Å². The van der Waals surface area contributed by atoms with Crippen molar-refractivity contribution in [1.29, 1.82) is 0 Å². The van der Waals surface area contributed by atoms with Gasteiger partial charge in [0, 0.05) is 6.04 Å². The number of piperazine rings is 1. The van der Waals surface area contributed by atoms with Crippen molar-refractivity contribution in [2.75, 3.05) is 13.1 Å². The standard InChI is InChI=1S/C10H17N2O2.Li/c1-10(2,3)14-9(13)12-6-7-4-8(12)5-11-7;/h8,11H,4-6H2,1-3H3;/q-1;+1/t8-;/m0./s1. The van der Waals surface area contributed by atoms with E-state index in [1.165, 1.54) is 6.04 Å². The van der Waals surface area contributed by atoms with Crippen molar-refractivity contribution < 1.29 is 28.4 Å². The van der Waals surface area contributed by atoms with Crippen molar-refractivity contribution in [1.82, 2.24) is 10.2 Å². The van der Waals surface area contributed by atoms with Crippen LogP contribution in [0.2, 0.25) is 0 Å². The second kappa shape index (κ2) is 4.37. The monoisotopic (exact) mass is 204 g/mol. The molecule has 0 aromatic rings. The summed E-state index contributed by atoms with van der Waals surface area (Å²) >= 11 is 0. The Morgan fingerprint density at radius 3 is 2.60 bits per heavy atom. The summed E-state index contributed by atoms with van der Waals surface area (Å²) < 4.78 is 5.32. The first-order chi connectivity index (χ1) is 6.46. The van der Waals surface area contributed by atoms with Gasteiger partial charge < -0.3 is 15.0 Å². The molecule has 1 N–H and O–H groups in total. The summed E-state index contributed by atoms with van der Waals surface area (Å²) in [5.41, 5.74) is -0.392. The van der Waals surface area contributed by atoms with Crippen LogP contribution in [-0.2, 0) is 4.74 Å². The second-order valence-electron chi connectivity index (χ2n) is 4.95. The number of hydrogen-bond acceptors (Lipinski definition) is 3. The van der Waals surface area contributed by atoms with Gasteiger partial charge in [-0.05, 0) is 27.3 Å². The van der Waals surface area contributed by atoms with Gasteiger partial charge in [-0.25, -0.2) is 10.8 Å². The van der Waals surface area contributed by atoms with Crippen LogP contribution in [0.4, 0.5) is 4.79 Å². The molecule has 0 aromatic carbocycles. The van der Waals surface area contributed by atoms with E-state index in [9.17, 15) is 4.79 Å². The first-order valence-electron chi connectivity index (χ1n) is 5.04. The molecule has 15 heavy (non-hydrogen) atoms. The molecule has 2 heterocycles. The summed E-state index contributed by atoms with van der Waals surface area (Å²) in [7, 11) is 0. The van der Waals surface area contributed by atoms with Gasteiger partial charge in [-0.3, -0.25) is 0 Å². The SMILES string of the molecule is CC(C)(C)OC(=O)N1C[C-]2C[C@H]1CN2.[Li+]. The number of fused-ring (bicyclic) bond motifs is 2. The molecule has 2 bridgehead atoms. The molecule has 5 heteroatoms. The fraction of sp³-hybridized carbons (Fsp3) is 0.800. The van der Waals surface area contributed by atoms with Crippen LogP contribution < -0.4 is 24.2 Å². The summed E-state index contributed by atoms with van der Waals surface area (Å²) in [6.45, 7) is 7.29. The number of likely N-dealkylation sites (tertiary alicyclic amines) is 1. The third kappa shape index (κ3) is 2.90. The van der Waals surface area contributed by atoms with E-state index in [1.807, 2.05) is 25.7 Å². The van der Waals surface area contributed by atoms with Crippen molar-refractivity contribution in [2.24, 2.45) is 0 Å². The summed E-state index contributed by atoms with van der Waals surface area (Å²) in [5, 5.41) is 3.27. The molecule has 0 radical (unpaired) electrons. The minimum Gasteiger partial charge on any atom is -0.464 e. The molecule has 2 fully saturated rings. The van der Waals surface area contributed by atoms with Gasteiger partial charge in [0.05, 0.1) is 0 Å². The topological polar surface area (TPSA) is 41.6 Å².